The molecule has 8 heteroatoms. The van der Waals surface area contributed by atoms with Crippen molar-refractivity contribution in [2.24, 2.45) is 16.2 Å². The van der Waals surface area contributed by atoms with Crippen molar-refractivity contribution in [3.63, 3.8) is 0 Å². The number of aromatic nitrogens is 1. The second-order valence-electron chi connectivity index (χ2n) is 7.03. The fourth-order valence-corrected chi connectivity index (χ4v) is 5.49. The predicted octanol–water partition coefficient (Wildman–Crippen LogP) is 1.74. The second-order valence-corrected chi connectivity index (χ2v) is 8.60. The summed E-state index contributed by atoms with van der Waals surface area (Å²) in [6.45, 7) is 2.88. The summed E-state index contributed by atoms with van der Waals surface area (Å²) in [5.41, 5.74) is 0.681. The summed E-state index contributed by atoms with van der Waals surface area (Å²) in [5.74, 6) is 1.33. The van der Waals surface area contributed by atoms with E-state index in [9.17, 15) is 12.8 Å². The van der Waals surface area contributed by atoms with E-state index in [-0.39, 0.29) is 10.7 Å². The minimum absolute atomic E-state index is 0.282. The number of sulfonamides is 1. The Hall–Kier alpha value is -2.48. The van der Waals surface area contributed by atoms with E-state index in [1.54, 1.807) is 24.4 Å². The number of hydrogen-bond donors (Lipinski definition) is 0. The summed E-state index contributed by atoms with van der Waals surface area (Å²) in [5, 5.41) is 0. The minimum Gasteiger partial charge on any atom is -0.355 e. The van der Waals surface area contributed by atoms with Gasteiger partial charge in [-0.15, -0.1) is 4.40 Å². The van der Waals surface area contributed by atoms with Gasteiger partial charge in [0.05, 0.1) is 0 Å². The summed E-state index contributed by atoms with van der Waals surface area (Å²) >= 11 is 0. The molecule has 2 unspecified atom stereocenters. The number of amidine groups is 1. The van der Waals surface area contributed by atoms with Gasteiger partial charge in [0.25, 0.3) is 10.0 Å². The monoisotopic (exact) mass is 372 g/mol. The van der Waals surface area contributed by atoms with E-state index in [1.807, 2.05) is 17.0 Å². The number of rotatable bonds is 1. The number of fused-ring (bicyclic) bond motifs is 2. The van der Waals surface area contributed by atoms with Gasteiger partial charge in [-0.1, -0.05) is 12.1 Å². The number of hydrogen-bond acceptors (Lipinski definition) is 5. The Balaban J connectivity index is 1.38. The summed E-state index contributed by atoms with van der Waals surface area (Å²) < 4.78 is 42.5. The Morgan fingerprint density at radius 2 is 1.65 bits per heavy atom. The van der Waals surface area contributed by atoms with Crippen LogP contribution in [0.4, 0.5) is 10.2 Å². The largest absolute Gasteiger partial charge is 0.355 e. The van der Waals surface area contributed by atoms with Gasteiger partial charge in [-0.3, -0.25) is 0 Å². The SMILES string of the molecule is O=S1(=O)N=C(N2CC3CN(c4ncccc4F)CC3C2)c2ccccc21. The molecule has 4 heterocycles. The molecule has 0 radical (unpaired) electrons. The molecule has 2 aromatic rings. The molecule has 0 aliphatic carbocycles. The zero-order valence-electron chi connectivity index (χ0n) is 13.9. The van der Waals surface area contributed by atoms with E-state index < -0.39 is 10.0 Å². The third-order valence-corrected chi connectivity index (χ3v) is 6.76. The van der Waals surface area contributed by atoms with Gasteiger partial charge in [-0.25, -0.2) is 9.37 Å². The number of anilines is 1. The highest BCUT2D eigenvalue weighted by Crippen LogP contribution is 2.37. The smallest absolute Gasteiger partial charge is 0.285 e. The van der Waals surface area contributed by atoms with E-state index in [0.29, 0.717) is 29.1 Å². The molecule has 2 saturated heterocycles. The fourth-order valence-electron chi connectivity index (χ4n) is 4.27. The highest BCUT2D eigenvalue weighted by Gasteiger charge is 2.44. The Bertz CT molecular complexity index is 1010. The predicted molar refractivity (Wildman–Crippen MR) is 95.1 cm³/mol. The maximum Gasteiger partial charge on any atom is 0.285 e. The molecule has 3 aliphatic rings. The highest BCUT2D eigenvalue weighted by atomic mass is 32.2. The number of pyridine rings is 1. The lowest BCUT2D eigenvalue weighted by atomic mass is 10.0. The Morgan fingerprint density at radius 1 is 0.962 bits per heavy atom. The first-order chi connectivity index (χ1) is 12.5. The van der Waals surface area contributed by atoms with Crippen molar-refractivity contribution >= 4 is 21.7 Å². The quantitative estimate of drug-likeness (QED) is 0.763. The van der Waals surface area contributed by atoms with Crippen molar-refractivity contribution in [1.29, 1.82) is 0 Å². The van der Waals surface area contributed by atoms with Gasteiger partial charge in [-0.05, 0) is 24.3 Å². The molecule has 1 aromatic carbocycles. The molecule has 134 valence electrons. The highest BCUT2D eigenvalue weighted by molar-refractivity contribution is 7.90. The van der Waals surface area contributed by atoms with Crippen molar-refractivity contribution in [2.75, 3.05) is 31.1 Å². The van der Waals surface area contributed by atoms with Gasteiger partial charge in [0.2, 0.25) is 0 Å². The van der Waals surface area contributed by atoms with Crippen LogP contribution >= 0.6 is 0 Å². The number of halogens is 1. The van der Waals surface area contributed by atoms with E-state index >= 15 is 0 Å². The second kappa shape index (κ2) is 5.51. The van der Waals surface area contributed by atoms with Gasteiger partial charge in [0.15, 0.2) is 17.5 Å². The Kier molecular flexibility index (Phi) is 3.34. The molecule has 0 spiro atoms. The third-order valence-electron chi connectivity index (χ3n) is 5.44. The first kappa shape index (κ1) is 15.7. The standard InChI is InChI=1S/C18H17FN4O2S/c19-15-5-3-7-20-18(15)23-10-12-8-22(9-13(12)11-23)17-14-4-1-2-6-16(14)26(24,25)21-17/h1-7,12-13H,8-11H2. The van der Waals surface area contributed by atoms with Crippen LogP contribution in [0.2, 0.25) is 0 Å². The molecule has 0 N–H and O–H groups in total. The van der Waals surface area contributed by atoms with Gasteiger partial charge in [0, 0.05) is 49.8 Å². The Labute approximate surface area is 151 Å². The van der Waals surface area contributed by atoms with Crippen LogP contribution in [0.25, 0.3) is 0 Å². The van der Waals surface area contributed by atoms with Crippen molar-refractivity contribution in [1.82, 2.24) is 9.88 Å². The van der Waals surface area contributed by atoms with Gasteiger partial charge >= 0.3 is 0 Å². The average Bonchev–Trinajstić information content (AvgIpc) is 3.26. The molecular weight excluding hydrogens is 355 g/mol. The van der Waals surface area contributed by atoms with E-state index in [1.165, 1.54) is 6.07 Å². The number of benzene rings is 1. The lowest BCUT2D eigenvalue weighted by Crippen LogP contribution is -2.33. The van der Waals surface area contributed by atoms with Gasteiger partial charge < -0.3 is 9.80 Å². The van der Waals surface area contributed by atoms with Crippen LogP contribution in [0.15, 0.2) is 51.9 Å². The molecule has 0 bridgehead atoms. The molecular formula is C18H17FN4O2S. The summed E-state index contributed by atoms with van der Waals surface area (Å²) in [7, 11) is -3.60. The van der Waals surface area contributed by atoms with Crippen LogP contribution in [0.5, 0.6) is 0 Å². The van der Waals surface area contributed by atoms with Crippen LogP contribution < -0.4 is 4.90 Å². The fraction of sp³-hybridized carbons (Fsp3) is 0.333. The van der Waals surface area contributed by atoms with Crippen LogP contribution in [-0.2, 0) is 10.0 Å². The zero-order chi connectivity index (χ0) is 17.9. The molecule has 6 nitrogen and oxygen atoms in total. The molecule has 0 amide bonds. The topological polar surface area (TPSA) is 65.9 Å². The van der Waals surface area contributed by atoms with Crippen molar-refractivity contribution in [2.45, 2.75) is 4.90 Å². The lowest BCUT2D eigenvalue weighted by molar-refractivity contribution is 0.477. The van der Waals surface area contributed by atoms with Crippen LogP contribution in [0, 0.1) is 17.7 Å². The molecule has 5 rings (SSSR count). The molecule has 26 heavy (non-hydrogen) atoms. The van der Waals surface area contributed by atoms with Crippen molar-refractivity contribution in [3.05, 3.63) is 54.0 Å². The maximum absolute atomic E-state index is 14.0. The summed E-state index contributed by atoms with van der Waals surface area (Å²) in [6, 6.07) is 9.97. The summed E-state index contributed by atoms with van der Waals surface area (Å²) in [6.07, 6.45) is 1.61. The van der Waals surface area contributed by atoms with Gasteiger partial charge in [-0.2, -0.15) is 8.42 Å². The average molecular weight is 372 g/mol. The molecule has 2 fully saturated rings. The van der Waals surface area contributed by atoms with E-state index in [0.717, 1.165) is 26.2 Å². The van der Waals surface area contributed by atoms with Crippen LogP contribution in [-0.4, -0.2) is 50.3 Å². The first-order valence-corrected chi connectivity index (χ1v) is 10.0. The van der Waals surface area contributed by atoms with Crippen molar-refractivity contribution < 1.29 is 12.8 Å². The molecule has 3 aliphatic heterocycles. The molecule has 1 aromatic heterocycles. The normalized spacial score (nSPS) is 26.0. The maximum atomic E-state index is 14.0. The molecule has 0 saturated carbocycles. The Morgan fingerprint density at radius 3 is 2.38 bits per heavy atom. The lowest BCUT2D eigenvalue weighted by Gasteiger charge is -2.23. The van der Waals surface area contributed by atoms with Crippen LogP contribution in [0.1, 0.15) is 5.56 Å². The van der Waals surface area contributed by atoms with Crippen LogP contribution in [0.3, 0.4) is 0 Å². The number of nitrogens with zero attached hydrogens (tertiary/aromatic N) is 4. The van der Waals surface area contributed by atoms with E-state index in [2.05, 4.69) is 14.3 Å². The third kappa shape index (κ3) is 2.32. The zero-order valence-corrected chi connectivity index (χ0v) is 14.7. The van der Waals surface area contributed by atoms with E-state index in [4.69, 9.17) is 0 Å². The van der Waals surface area contributed by atoms with Gasteiger partial charge in [0.1, 0.15) is 4.90 Å². The number of likely N-dealkylation sites (tertiary alicyclic amines) is 1. The summed E-state index contributed by atoms with van der Waals surface area (Å²) in [4.78, 5) is 8.50. The minimum atomic E-state index is -3.60. The molecule has 2 atom stereocenters. The first-order valence-electron chi connectivity index (χ1n) is 8.58. The van der Waals surface area contributed by atoms with Crippen molar-refractivity contribution in [3.8, 4) is 0 Å².